The van der Waals surface area contributed by atoms with Crippen LogP contribution in [0.3, 0.4) is 0 Å². The average Bonchev–Trinajstić information content (AvgIpc) is 3.02. The highest BCUT2D eigenvalue weighted by Gasteiger charge is 2.60. The van der Waals surface area contributed by atoms with Gasteiger partial charge in [-0.25, -0.2) is 27.5 Å². The first-order valence-electron chi connectivity index (χ1n) is 9.43. The van der Waals surface area contributed by atoms with Crippen LogP contribution < -0.4 is 11.1 Å². The summed E-state index contributed by atoms with van der Waals surface area (Å²) < 4.78 is 62.7. The van der Waals surface area contributed by atoms with E-state index in [-0.39, 0.29) is 27.0 Å². The summed E-state index contributed by atoms with van der Waals surface area (Å²) in [6.07, 6.45) is -1.35. The van der Waals surface area contributed by atoms with E-state index in [2.05, 4.69) is 15.3 Å². The summed E-state index contributed by atoms with van der Waals surface area (Å²) in [4.78, 5) is 20.3. The number of nitrogens with two attached hydrogens (primary N) is 1. The molecule has 1 amide bonds. The molecule has 1 aliphatic heterocycles. The molecule has 2 heterocycles. The zero-order valence-corrected chi connectivity index (χ0v) is 17.7. The summed E-state index contributed by atoms with van der Waals surface area (Å²) in [7, 11) is 0. The lowest BCUT2D eigenvalue weighted by Crippen LogP contribution is -2.48. The molecule has 3 N–H and O–H groups in total. The molecule has 2 unspecified atom stereocenters. The summed E-state index contributed by atoms with van der Waals surface area (Å²) in [5.74, 6) is -5.94. The monoisotopic (exact) mass is 490 g/mol. The van der Waals surface area contributed by atoms with Crippen LogP contribution in [0, 0.1) is 11.7 Å². The van der Waals surface area contributed by atoms with Crippen molar-refractivity contribution in [3.63, 3.8) is 0 Å². The minimum Gasteiger partial charge on any atom is -0.461 e. The lowest BCUT2D eigenvalue weighted by Gasteiger charge is -2.40. The normalized spacial score (nSPS) is 26.1. The number of amidine groups is 1. The zero-order chi connectivity index (χ0) is 23.3. The number of carbonyl (C=O) groups is 1. The number of alkyl halides is 3. The number of ether oxygens (including phenoxy) is 1. The number of fused-ring (bicyclic) bond motifs is 1. The predicted octanol–water partition coefficient (Wildman–Crippen LogP) is 4.70. The third kappa shape index (κ3) is 3.97. The maximum atomic E-state index is 14.9. The van der Waals surface area contributed by atoms with Crippen molar-refractivity contribution in [2.45, 2.75) is 30.4 Å². The van der Waals surface area contributed by atoms with E-state index in [1.165, 1.54) is 18.3 Å². The molecule has 32 heavy (non-hydrogen) atoms. The number of nitrogens with one attached hydrogen (secondary N) is 1. The van der Waals surface area contributed by atoms with Gasteiger partial charge in [0, 0.05) is 36.2 Å². The lowest BCUT2D eigenvalue weighted by molar-refractivity contribution is -0.00299. The van der Waals surface area contributed by atoms with Crippen molar-refractivity contribution < 1.29 is 27.1 Å². The van der Waals surface area contributed by atoms with Gasteiger partial charge in [0.25, 0.3) is 17.9 Å². The number of rotatable bonds is 4. The van der Waals surface area contributed by atoms with Crippen molar-refractivity contribution in [2.24, 2.45) is 16.6 Å². The predicted molar refractivity (Wildman–Crippen MR) is 110 cm³/mol. The van der Waals surface area contributed by atoms with Crippen LogP contribution >= 0.6 is 23.2 Å². The Kier molecular flexibility index (Phi) is 5.70. The molecule has 0 spiro atoms. The Hall–Kier alpha value is -2.59. The van der Waals surface area contributed by atoms with Crippen molar-refractivity contribution in [3.8, 4) is 0 Å². The van der Waals surface area contributed by atoms with Crippen molar-refractivity contribution in [3.05, 3.63) is 57.6 Å². The molecule has 12 heteroatoms. The summed E-state index contributed by atoms with van der Waals surface area (Å²) >= 11 is 11.8. The van der Waals surface area contributed by atoms with E-state index >= 15 is 0 Å². The molecule has 1 fully saturated rings. The van der Waals surface area contributed by atoms with Gasteiger partial charge < -0.3 is 15.8 Å². The minimum atomic E-state index is -3.14. The SMILES string of the molecule is NC1=NC(CF)(c2cc(NC(=O)c3ncc(Cl)cc3Cl)ccc2F)C2CC(F)(F)C[C@@H]2O1. The molecule has 1 saturated carbocycles. The molecule has 1 aliphatic carbocycles. The van der Waals surface area contributed by atoms with E-state index in [1.807, 2.05) is 0 Å². The van der Waals surface area contributed by atoms with Crippen molar-refractivity contribution in [1.29, 1.82) is 0 Å². The highest BCUT2D eigenvalue weighted by molar-refractivity contribution is 6.36. The number of aromatic nitrogens is 1. The second-order valence-corrected chi connectivity index (χ2v) is 8.51. The molecule has 0 bridgehead atoms. The third-order valence-electron chi connectivity index (χ3n) is 5.58. The van der Waals surface area contributed by atoms with Crippen molar-refractivity contribution in [2.75, 3.05) is 12.0 Å². The van der Waals surface area contributed by atoms with E-state index in [0.717, 1.165) is 12.1 Å². The number of nitrogens with zero attached hydrogens (tertiary/aromatic N) is 2. The van der Waals surface area contributed by atoms with Crippen LogP contribution in [0.15, 0.2) is 35.5 Å². The number of anilines is 1. The first-order chi connectivity index (χ1) is 15.0. The molecular formula is C20H16Cl2F4N4O2. The second kappa shape index (κ2) is 8.08. The highest BCUT2D eigenvalue weighted by Crippen LogP contribution is 2.53. The Morgan fingerprint density at radius 1 is 1.28 bits per heavy atom. The summed E-state index contributed by atoms with van der Waals surface area (Å²) in [5.41, 5.74) is 3.17. The van der Waals surface area contributed by atoms with Gasteiger partial charge in [0.05, 0.1) is 10.0 Å². The smallest absolute Gasteiger partial charge is 0.283 e. The van der Waals surface area contributed by atoms with Gasteiger partial charge in [0.1, 0.15) is 29.8 Å². The molecule has 2 aliphatic rings. The average molecular weight is 491 g/mol. The summed E-state index contributed by atoms with van der Waals surface area (Å²) in [6, 6.07) is 4.14. The first-order valence-corrected chi connectivity index (χ1v) is 10.2. The van der Waals surface area contributed by atoms with E-state index in [1.54, 1.807) is 0 Å². The minimum absolute atomic E-state index is 0.0182. The molecule has 0 radical (unpaired) electrons. The fourth-order valence-electron chi connectivity index (χ4n) is 4.20. The summed E-state index contributed by atoms with van der Waals surface area (Å²) in [6.45, 7) is -1.30. The quantitative estimate of drug-likeness (QED) is 0.607. The molecule has 3 atom stereocenters. The van der Waals surface area contributed by atoms with Crippen LogP contribution in [-0.2, 0) is 10.3 Å². The Labute approximate surface area is 189 Å². The van der Waals surface area contributed by atoms with Crippen molar-refractivity contribution in [1.82, 2.24) is 4.98 Å². The fraction of sp³-hybridized carbons (Fsp3) is 0.350. The molecular weight excluding hydrogens is 475 g/mol. The molecule has 1 aromatic carbocycles. The Bertz CT molecular complexity index is 1120. The number of benzene rings is 1. The summed E-state index contributed by atoms with van der Waals surface area (Å²) in [5, 5.41) is 2.68. The maximum absolute atomic E-state index is 14.9. The third-order valence-corrected chi connectivity index (χ3v) is 6.07. The Morgan fingerprint density at radius 3 is 2.72 bits per heavy atom. The molecule has 1 aromatic heterocycles. The van der Waals surface area contributed by atoms with Crippen LogP contribution in [0.4, 0.5) is 23.2 Å². The highest BCUT2D eigenvalue weighted by atomic mass is 35.5. The van der Waals surface area contributed by atoms with Gasteiger partial charge in [-0.15, -0.1) is 0 Å². The number of hydrogen-bond donors (Lipinski definition) is 2. The zero-order valence-electron chi connectivity index (χ0n) is 16.2. The van der Waals surface area contributed by atoms with Crippen LogP contribution in [0.25, 0.3) is 0 Å². The molecule has 2 aromatic rings. The maximum Gasteiger partial charge on any atom is 0.283 e. The number of halogens is 6. The van der Waals surface area contributed by atoms with Gasteiger partial charge in [0.15, 0.2) is 0 Å². The number of aliphatic imine (C=N–C) groups is 1. The number of hydrogen-bond acceptors (Lipinski definition) is 5. The van der Waals surface area contributed by atoms with Gasteiger partial charge in [-0.2, -0.15) is 0 Å². The molecule has 6 nitrogen and oxygen atoms in total. The van der Waals surface area contributed by atoms with Gasteiger partial charge in [-0.05, 0) is 24.3 Å². The fourth-order valence-corrected chi connectivity index (χ4v) is 4.67. The van der Waals surface area contributed by atoms with Gasteiger partial charge in [-0.1, -0.05) is 23.2 Å². The lowest BCUT2D eigenvalue weighted by atomic mass is 9.76. The molecule has 170 valence electrons. The van der Waals surface area contributed by atoms with Gasteiger partial charge in [0.2, 0.25) is 0 Å². The standard InChI is InChI=1S/C20H16Cl2F4N4O2/c21-9-3-13(22)16(28-7-9)17(31)29-10-1-2-14(24)11(4-10)20(8-23)12-5-19(25,26)6-15(12)32-18(27)30-20/h1-4,7,12,15H,5-6,8H2,(H2,27,30)(H,29,31)/t12?,15-,20?/m0/s1. The van der Waals surface area contributed by atoms with Gasteiger partial charge in [-0.3, -0.25) is 4.79 Å². The topological polar surface area (TPSA) is 89.6 Å². The number of carbonyl (C=O) groups excluding carboxylic acids is 1. The number of amides is 1. The van der Waals surface area contributed by atoms with Gasteiger partial charge >= 0.3 is 0 Å². The van der Waals surface area contributed by atoms with Crippen LogP contribution in [0.1, 0.15) is 28.9 Å². The second-order valence-electron chi connectivity index (χ2n) is 7.67. The van der Waals surface area contributed by atoms with E-state index in [9.17, 15) is 22.4 Å². The van der Waals surface area contributed by atoms with Crippen LogP contribution in [0.5, 0.6) is 0 Å². The Morgan fingerprint density at radius 2 is 2.03 bits per heavy atom. The van der Waals surface area contributed by atoms with E-state index < -0.39 is 60.7 Å². The van der Waals surface area contributed by atoms with E-state index in [4.69, 9.17) is 33.7 Å². The largest absolute Gasteiger partial charge is 0.461 e. The molecule has 0 saturated heterocycles. The molecule has 4 rings (SSSR count). The Balaban J connectivity index is 1.73. The number of pyridine rings is 1. The van der Waals surface area contributed by atoms with Crippen LogP contribution in [0.2, 0.25) is 10.0 Å². The van der Waals surface area contributed by atoms with Crippen molar-refractivity contribution >= 4 is 40.8 Å². The first kappa shape index (κ1) is 22.6. The van der Waals surface area contributed by atoms with Crippen LogP contribution in [-0.4, -0.2) is 35.6 Å². The van der Waals surface area contributed by atoms with E-state index in [0.29, 0.717) is 0 Å².